The minimum absolute atomic E-state index is 0.0389. The predicted octanol–water partition coefficient (Wildman–Crippen LogP) is 4.49. The summed E-state index contributed by atoms with van der Waals surface area (Å²) in [6, 6.07) is 12.6. The Morgan fingerprint density at radius 2 is 1.81 bits per heavy atom. The van der Waals surface area contributed by atoms with Crippen molar-refractivity contribution >= 4 is 56.2 Å². The van der Waals surface area contributed by atoms with Gasteiger partial charge in [0, 0.05) is 18.0 Å². The maximum absolute atomic E-state index is 13.9. The number of carbonyl (C=O) groups excluding carboxylic acids is 2. The first kappa shape index (κ1) is 23.7. The minimum atomic E-state index is -4.23. The molecular formula is C21H19ClFN3O4S2. The van der Waals surface area contributed by atoms with Gasteiger partial charge in [0.15, 0.2) is 0 Å². The predicted molar refractivity (Wildman–Crippen MR) is 123 cm³/mol. The van der Waals surface area contributed by atoms with Crippen LogP contribution in [0, 0.1) is 5.82 Å². The van der Waals surface area contributed by atoms with Gasteiger partial charge in [-0.2, -0.15) is 0 Å². The number of anilines is 2. The molecule has 2 aromatic carbocycles. The van der Waals surface area contributed by atoms with Gasteiger partial charge in [0.05, 0.1) is 16.3 Å². The zero-order chi connectivity index (χ0) is 23.1. The Morgan fingerprint density at radius 1 is 1.03 bits per heavy atom. The van der Waals surface area contributed by atoms with Gasteiger partial charge in [0.2, 0.25) is 5.91 Å². The maximum atomic E-state index is 13.9. The van der Waals surface area contributed by atoms with Crippen molar-refractivity contribution < 1.29 is 22.4 Å². The number of benzene rings is 2. The van der Waals surface area contributed by atoms with E-state index < -0.39 is 26.6 Å². The van der Waals surface area contributed by atoms with Crippen LogP contribution < -0.4 is 15.4 Å². The summed E-state index contributed by atoms with van der Waals surface area (Å²) < 4.78 is 41.4. The van der Waals surface area contributed by atoms with Crippen molar-refractivity contribution in [3.63, 3.8) is 0 Å². The van der Waals surface area contributed by atoms with E-state index in [0.29, 0.717) is 17.8 Å². The molecule has 0 aliphatic rings. The highest BCUT2D eigenvalue weighted by molar-refractivity contribution is 7.92. The van der Waals surface area contributed by atoms with Gasteiger partial charge in [-0.15, -0.1) is 11.3 Å². The summed E-state index contributed by atoms with van der Waals surface area (Å²) in [6.45, 7) is 0.298. The largest absolute Gasteiger partial charge is 0.351 e. The zero-order valence-electron chi connectivity index (χ0n) is 16.6. The molecule has 7 nitrogen and oxygen atoms in total. The summed E-state index contributed by atoms with van der Waals surface area (Å²) >= 11 is 7.31. The van der Waals surface area contributed by atoms with Crippen LogP contribution in [0.5, 0.6) is 0 Å². The van der Waals surface area contributed by atoms with Crippen LogP contribution in [0.25, 0.3) is 0 Å². The number of sulfonamides is 1. The first-order valence-electron chi connectivity index (χ1n) is 9.45. The third-order valence-electron chi connectivity index (χ3n) is 4.24. The van der Waals surface area contributed by atoms with E-state index in [2.05, 4.69) is 15.4 Å². The number of thiophene rings is 1. The van der Waals surface area contributed by atoms with Gasteiger partial charge in [0.25, 0.3) is 15.9 Å². The first-order chi connectivity index (χ1) is 15.3. The second kappa shape index (κ2) is 10.6. The molecule has 32 heavy (non-hydrogen) atoms. The van der Waals surface area contributed by atoms with E-state index in [4.69, 9.17) is 11.6 Å². The first-order valence-corrected chi connectivity index (χ1v) is 12.2. The fraction of sp³-hybridized carbons (Fsp3) is 0.143. The molecule has 0 aliphatic carbocycles. The van der Waals surface area contributed by atoms with Crippen molar-refractivity contribution in [3.05, 3.63) is 75.7 Å². The Labute approximate surface area is 193 Å². The molecule has 3 rings (SSSR count). The van der Waals surface area contributed by atoms with E-state index in [1.165, 1.54) is 41.7 Å². The SMILES string of the molecule is O=C(CCCNC(=O)c1cccs1)Nc1cc(Cl)ccc1NS(=O)(=O)c1ccccc1F. The quantitative estimate of drug-likeness (QED) is 0.380. The summed E-state index contributed by atoms with van der Waals surface area (Å²) in [4.78, 5) is 24.3. The van der Waals surface area contributed by atoms with Gasteiger partial charge in [-0.05, 0) is 48.2 Å². The highest BCUT2D eigenvalue weighted by atomic mass is 35.5. The molecule has 0 radical (unpaired) electrons. The van der Waals surface area contributed by atoms with E-state index in [-0.39, 0.29) is 28.7 Å². The number of amides is 2. The van der Waals surface area contributed by atoms with Crippen molar-refractivity contribution in [3.8, 4) is 0 Å². The molecule has 0 spiro atoms. The van der Waals surface area contributed by atoms with Crippen LogP contribution in [-0.4, -0.2) is 26.8 Å². The summed E-state index contributed by atoms with van der Waals surface area (Å²) in [5.41, 5.74) is 0.169. The average Bonchev–Trinajstić information content (AvgIpc) is 3.28. The molecular weight excluding hydrogens is 477 g/mol. The number of rotatable bonds is 9. The van der Waals surface area contributed by atoms with E-state index in [9.17, 15) is 22.4 Å². The lowest BCUT2D eigenvalue weighted by Crippen LogP contribution is -2.24. The Hall–Kier alpha value is -2.95. The number of carbonyl (C=O) groups is 2. The minimum Gasteiger partial charge on any atom is -0.351 e. The number of halogens is 2. The van der Waals surface area contributed by atoms with Crippen molar-refractivity contribution in [1.29, 1.82) is 0 Å². The number of nitrogens with one attached hydrogen (secondary N) is 3. The highest BCUT2D eigenvalue weighted by Gasteiger charge is 2.20. The van der Waals surface area contributed by atoms with Crippen LogP contribution in [0.1, 0.15) is 22.5 Å². The molecule has 11 heteroatoms. The normalized spacial score (nSPS) is 11.1. The molecule has 2 amide bonds. The molecule has 1 aromatic heterocycles. The molecule has 0 fully saturated rings. The molecule has 0 saturated heterocycles. The Balaban J connectivity index is 1.61. The summed E-state index contributed by atoms with van der Waals surface area (Å²) in [5, 5.41) is 7.40. The molecule has 0 aliphatic heterocycles. The van der Waals surface area contributed by atoms with Crippen molar-refractivity contribution in [2.75, 3.05) is 16.6 Å². The molecule has 3 aromatic rings. The van der Waals surface area contributed by atoms with E-state index >= 15 is 0 Å². The number of hydrogen-bond donors (Lipinski definition) is 3. The van der Waals surface area contributed by atoms with Crippen molar-refractivity contribution in [1.82, 2.24) is 5.32 Å². The lowest BCUT2D eigenvalue weighted by Gasteiger charge is -2.14. The fourth-order valence-corrected chi connectivity index (χ4v) is 4.70. The maximum Gasteiger partial charge on any atom is 0.264 e. The third kappa shape index (κ3) is 6.28. The van der Waals surface area contributed by atoms with Crippen LogP contribution in [0.4, 0.5) is 15.8 Å². The molecule has 168 valence electrons. The fourth-order valence-electron chi connectivity index (χ4n) is 2.73. The van der Waals surface area contributed by atoms with Crippen molar-refractivity contribution in [2.24, 2.45) is 0 Å². The molecule has 0 atom stereocenters. The summed E-state index contributed by atoms with van der Waals surface area (Å²) in [6.07, 6.45) is 0.455. The van der Waals surface area contributed by atoms with Crippen LogP contribution in [-0.2, 0) is 14.8 Å². The van der Waals surface area contributed by atoms with E-state index in [1.54, 1.807) is 17.5 Å². The lowest BCUT2D eigenvalue weighted by atomic mass is 10.2. The van der Waals surface area contributed by atoms with Gasteiger partial charge in [0.1, 0.15) is 10.7 Å². The summed E-state index contributed by atoms with van der Waals surface area (Å²) in [5.74, 6) is -1.51. The molecule has 0 bridgehead atoms. The monoisotopic (exact) mass is 495 g/mol. The molecule has 3 N–H and O–H groups in total. The van der Waals surface area contributed by atoms with Crippen LogP contribution in [0.2, 0.25) is 5.02 Å². The van der Waals surface area contributed by atoms with Gasteiger partial charge in [-0.3, -0.25) is 14.3 Å². The Bertz CT molecular complexity index is 1220. The van der Waals surface area contributed by atoms with E-state index in [1.807, 2.05) is 0 Å². The zero-order valence-corrected chi connectivity index (χ0v) is 19.0. The average molecular weight is 496 g/mol. The van der Waals surface area contributed by atoms with Gasteiger partial charge in [-0.1, -0.05) is 29.8 Å². The Morgan fingerprint density at radius 3 is 2.53 bits per heavy atom. The van der Waals surface area contributed by atoms with Crippen molar-refractivity contribution in [2.45, 2.75) is 17.7 Å². The number of hydrogen-bond acceptors (Lipinski definition) is 5. The molecule has 1 heterocycles. The van der Waals surface area contributed by atoms with Crippen LogP contribution >= 0.6 is 22.9 Å². The second-order valence-electron chi connectivity index (χ2n) is 6.61. The molecule has 0 saturated carbocycles. The van der Waals surface area contributed by atoms with Gasteiger partial charge in [-0.25, -0.2) is 12.8 Å². The lowest BCUT2D eigenvalue weighted by molar-refractivity contribution is -0.116. The highest BCUT2D eigenvalue weighted by Crippen LogP contribution is 2.29. The van der Waals surface area contributed by atoms with E-state index in [0.717, 1.165) is 12.1 Å². The third-order valence-corrected chi connectivity index (χ3v) is 6.74. The topological polar surface area (TPSA) is 104 Å². The van der Waals surface area contributed by atoms with Crippen LogP contribution in [0.15, 0.2) is 64.9 Å². The molecule has 0 unspecified atom stereocenters. The van der Waals surface area contributed by atoms with Gasteiger partial charge >= 0.3 is 0 Å². The summed E-state index contributed by atoms with van der Waals surface area (Å²) in [7, 11) is -4.23. The van der Waals surface area contributed by atoms with Gasteiger partial charge < -0.3 is 10.6 Å². The Kier molecular flexibility index (Phi) is 7.84. The smallest absolute Gasteiger partial charge is 0.264 e. The standard InChI is InChI=1S/C21H19ClFN3O4S2/c22-14-9-10-16(26-32(29,30)19-7-2-1-5-15(19)23)17(13-14)25-20(27)8-3-11-24-21(28)18-6-4-12-31-18/h1-2,4-7,9-10,12-13,26H,3,8,11H2,(H,24,28)(H,25,27). The second-order valence-corrected chi connectivity index (χ2v) is 9.65. The van der Waals surface area contributed by atoms with Crippen LogP contribution in [0.3, 0.4) is 0 Å².